The van der Waals surface area contributed by atoms with Gasteiger partial charge in [0, 0.05) is 45.2 Å². The van der Waals surface area contributed by atoms with Crippen molar-refractivity contribution in [2.24, 2.45) is 0 Å². The van der Waals surface area contributed by atoms with E-state index < -0.39 is 92.1 Å². The van der Waals surface area contributed by atoms with Gasteiger partial charge >= 0.3 is 19.2 Å². The molecule has 0 spiro atoms. The van der Waals surface area contributed by atoms with Crippen LogP contribution in [0.3, 0.4) is 0 Å². The van der Waals surface area contributed by atoms with Gasteiger partial charge in [-0.3, -0.25) is 42.3 Å². The van der Waals surface area contributed by atoms with Crippen molar-refractivity contribution >= 4 is 7.82 Å². The Morgan fingerprint density at radius 2 is 1.54 bits per heavy atom. The van der Waals surface area contributed by atoms with Crippen LogP contribution in [0.1, 0.15) is 18.9 Å². The quantitative estimate of drug-likeness (QED) is 0.230. The molecule has 2 aromatic heterocycles. The monoisotopic (exact) mass is 604 g/mol. The maximum atomic E-state index is 13.7. The molecule has 2 aromatic rings. The van der Waals surface area contributed by atoms with Gasteiger partial charge in [0.2, 0.25) is 0 Å². The lowest BCUT2D eigenvalue weighted by atomic mass is 10.0. The smallest absolute Gasteiger partial charge is 0.394 e. The molecule has 0 amide bonds. The fourth-order valence-electron chi connectivity index (χ4n) is 5.13. The summed E-state index contributed by atoms with van der Waals surface area (Å²) in [5.74, 6) is 0. The van der Waals surface area contributed by atoms with Crippen molar-refractivity contribution in [2.45, 2.75) is 61.6 Å². The lowest BCUT2D eigenvalue weighted by Crippen LogP contribution is -2.44. The number of hydrogen-bond acceptors (Lipinski definition) is 14. The third-order valence-electron chi connectivity index (χ3n) is 7.04. The molecule has 0 aromatic carbocycles. The lowest BCUT2D eigenvalue weighted by molar-refractivity contribution is -0.110. The van der Waals surface area contributed by atoms with Crippen LogP contribution in [-0.4, -0.2) is 99.5 Å². The van der Waals surface area contributed by atoms with E-state index in [2.05, 4.69) is 9.97 Å². The molecule has 5 rings (SSSR count). The molecule has 0 saturated carbocycles. The first-order chi connectivity index (χ1) is 19.6. The average Bonchev–Trinajstić information content (AvgIpc) is 3.44. The van der Waals surface area contributed by atoms with E-state index >= 15 is 0 Å². The Kier molecular flexibility index (Phi) is 8.58. The largest absolute Gasteiger partial charge is 0.475 e. The summed E-state index contributed by atoms with van der Waals surface area (Å²) in [7, 11) is -1.86. The molecule has 3 aliphatic rings. The van der Waals surface area contributed by atoms with E-state index in [1.807, 2.05) is 0 Å². The fraction of sp³-hybridized carbons (Fsp3) is 0.636. The molecule has 0 radical (unpaired) electrons. The Hall–Kier alpha value is -2.77. The molecule has 226 valence electrons. The molecule has 18 nitrogen and oxygen atoms in total. The maximum absolute atomic E-state index is 13.7. The number of aromatic amines is 2. The van der Waals surface area contributed by atoms with Crippen LogP contribution in [0.25, 0.3) is 0 Å². The van der Waals surface area contributed by atoms with Gasteiger partial charge < -0.3 is 29.2 Å². The number of aromatic nitrogens is 4. The van der Waals surface area contributed by atoms with Gasteiger partial charge in [-0.05, 0) is 0 Å². The average molecular weight is 604 g/mol. The molecule has 3 aliphatic heterocycles. The molecule has 0 bridgehead atoms. The van der Waals surface area contributed by atoms with Crippen LogP contribution in [0.4, 0.5) is 0 Å². The molecule has 19 heteroatoms. The number of phosphoric ester groups is 1. The molecule has 41 heavy (non-hydrogen) atoms. The van der Waals surface area contributed by atoms with Crippen LogP contribution in [-0.2, 0) is 37.1 Å². The van der Waals surface area contributed by atoms with Crippen molar-refractivity contribution < 1.29 is 47.3 Å². The van der Waals surface area contributed by atoms with Crippen molar-refractivity contribution in [1.29, 1.82) is 0 Å². The first-order valence-corrected chi connectivity index (χ1v) is 13.9. The summed E-state index contributed by atoms with van der Waals surface area (Å²) in [6.07, 6.45) is -8.06. The molecule has 0 unspecified atom stereocenters. The Labute approximate surface area is 229 Å². The maximum Gasteiger partial charge on any atom is 0.475 e. The second-order valence-corrected chi connectivity index (χ2v) is 11.0. The van der Waals surface area contributed by atoms with E-state index in [0.717, 1.165) is 21.3 Å². The lowest BCUT2D eigenvalue weighted by Gasteiger charge is -2.35. The zero-order valence-corrected chi connectivity index (χ0v) is 22.7. The first kappa shape index (κ1) is 29.7. The zero-order chi connectivity index (χ0) is 29.5. The normalized spacial score (nSPS) is 37.4. The van der Waals surface area contributed by atoms with Crippen molar-refractivity contribution in [3.8, 4) is 0 Å². The van der Waals surface area contributed by atoms with Gasteiger partial charge in [-0.15, -0.1) is 0 Å². The minimum atomic E-state index is -4.44. The van der Waals surface area contributed by atoms with E-state index in [0.29, 0.717) is 0 Å². The summed E-state index contributed by atoms with van der Waals surface area (Å²) >= 11 is 0. The van der Waals surface area contributed by atoms with Crippen molar-refractivity contribution in [2.75, 3.05) is 27.4 Å². The van der Waals surface area contributed by atoms with Gasteiger partial charge in [0.1, 0.15) is 42.7 Å². The first-order valence-electron chi connectivity index (χ1n) is 12.5. The molecule has 3 fully saturated rings. The number of H-pyrrole nitrogens is 2. The molecule has 10 atom stereocenters. The van der Waals surface area contributed by atoms with Crippen LogP contribution in [0.5, 0.6) is 0 Å². The number of phosphoric acid groups is 1. The van der Waals surface area contributed by atoms with Crippen molar-refractivity contribution in [3.63, 3.8) is 0 Å². The standard InChI is InChI=1S/C22H29N4O14P/c1-34-17-14(30)15(38-19(17)25-6-3-12(28)23-21(25)31)10-5-8-36-41(33,39-10)40-16-11(9-27)37-20(18(16)35-2)26-7-4-13(29)24-22(26)32/h3-4,6-7,10-11,14-20,27,30H,5,8-9H2,1-2H3,(H,23,28,31)(H,24,29,32)/t10-,11-,14-,15-,16-,17-,18-,19-,20-,41+/m1/s1. The Morgan fingerprint density at radius 3 is 2.07 bits per heavy atom. The topological polar surface area (TPSA) is 232 Å². The summed E-state index contributed by atoms with van der Waals surface area (Å²) in [6.45, 7) is -0.772. The van der Waals surface area contributed by atoms with Gasteiger partial charge in [0.15, 0.2) is 12.5 Å². The number of aliphatic hydroxyl groups excluding tert-OH is 2. The predicted octanol–water partition coefficient (Wildman–Crippen LogP) is -2.44. The summed E-state index contributed by atoms with van der Waals surface area (Å²) in [5.41, 5.74) is -2.86. The van der Waals surface area contributed by atoms with Gasteiger partial charge in [-0.1, -0.05) is 0 Å². The van der Waals surface area contributed by atoms with Crippen LogP contribution in [0, 0.1) is 0 Å². The van der Waals surface area contributed by atoms with E-state index in [-0.39, 0.29) is 13.0 Å². The van der Waals surface area contributed by atoms with Gasteiger partial charge in [0.25, 0.3) is 11.1 Å². The SMILES string of the molecule is CO[C@@H]1[C@H](O)[C@@H]([C@H]2CCO[P@](=O)(O[C@H]3[C@@H](OC)[C@H](n4ccc(=O)[nH]c4=O)O[C@@H]3CO)O2)O[C@H]1n1ccc(=O)[nH]c1=O. The van der Waals surface area contributed by atoms with E-state index in [1.165, 1.54) is 26.6 Å². The number of aliphatic hydroxyl groups is 2. The molecule has 5 heterocycles. The molecule has 0 aliphatic carbocycles. The Bertz CT molecular complexity index is 1520. The molecule has 3 saturated heterocycles. The summed E-state index contributed by atoms with van der Waals surface area (Å²) in [6, 6.07) is 2.19. The second-order valence-electron chi connectivity index (χ2n) is 9.45. The second kappa shape index (κ2) is 11.8. The van der Waals surface area contributed by atoms with Gasteiger partial charge in [0.05, 0.1) is 13.2 Å². The van der Waals surface area contributed by atoms with Gasteiger partial charge in [-0.2, -0.15) is 0 Å². The highest BCUT2D eigenvalue weighted by molar-refractivity contribution is 7.48. The fourth-order valence-corrected chi connectivity index (χ4v) is 6.74. The van der Waals surface area contributed by atoms with Crippen LogP contribution < -0.4 is 22.5 Å². The zero-order valence-electron chi connectivity index (χ0n) is 21.8. The number of nitrogens with zero attached hydrogens (tertiary/aromatic N) is 2. The highest BCUT2D eigenvalue weighted by Crippen LogP contribution is 2.57. The van der Waals surface area contributed by atoms with Crippen molar-refractivity contribution in [3.05, 3.63) is 66.2 Å². The number of ether oxygens (including phenoxy) is 4. The van der Waals surface area contributed by atoms with E-state index in [9.17, 15) is 34.0 Å². The summed E-state index contributed by atoms with van der Waals surface area (Å²) in [5, 5.41) is 20.9. The van der Waals surface area contributed by atoms with Crippen LogP contribution in [0.15, 0.2) is 43.7 Å². The summed E-state index contributed by atoms with van der Waals surface area (Å²) in [4.78, 5) is 51.9. The Morgan fingerprint density at radius 1 is 0.951 bits per heavy atom. The number of methoxy groups -OCH3 is 2. The minimum absolute atomic E-state index is 0.104. The highest BCUT2D eigenvalue weighted by Gasteiger charge is 2.55. The number of rotatable bonds is 8. The van der Waals surface area contributed by atoms with Crippen LogP contribution >= 0.6 is 7.82 Å². The minimum Gasteiger partial charge on any atom is -0.394 e. The van der Waals surface area contributed by atoms with E-state index in [4.69, 9.17) is 32.5 Å². The third kappa shape index (κ3) is 5.68. The molecular weight excluding hydrogens is 575 g/mol. The third-order valence-corrected chi connectivity index (χ3v) is 8.57. The number of hydrogen-bond donors (Lipinski definition) is 4. The van der Waals surface area contributed by atoms with Gasteiger partial charge in [-0.25, -0.2) is 14.2 Å². The predicted molar refractivity (Wildman–Crippen MR) is 133 cm³/mol. The van der Waals surface area contributed by atoms with Crippen LogP contribution in [0.2, 0.25) is 0 Å². The molecule has 4 N–H and O–H groups in total. The van der Waals surface area contributed by atoms with E-state index in [1.54, 1.807) is 0 Å². The molecular formula is C22H29N4O14P. The van der Waals surface area contributed by atoms with Crippen molar-refractivity contribution in [1.82, 2.24) is 19.1 Å². The summed E-state index contributed by atoms with van der Waals surface area (Å²) < 4.78 is 55.0. The number of nitrogens with one attached hydrogen (secondary N) is 2. The Balaban J connectivity index is 1.36. The highest BCUT2D eigenvalue weighted by atomic mass is 31.2.